The fourth-order valence-electron chi connectivity index (χ4n) is 1.72. The smallest absolute Gasteiger partial charge is 0.338 e. The number of carbonyl (C=O) groups is 1. The van der Waals surface area contributed by atoms with Gasteiger partial charge in [0.15, 0.2) is 0 Å². The van der Waals surface area contributed by atoms with Crippen LogP contribution in [0.2, 0.25) is 0 Å². The molecule has 5 heteroatoms. The van der Waals surface area contributed by atoms with E-state index in [9.17, 15) is 9.90 Å². The predicted molar refractivity (Wildman–Crippen MR) is 82.6 cm³/mol. The van der Waals surface area contributed by atoms with Crippen LogP contribution in [-0.2, 0) is 6.54 Å². The lowest BCUT2D eigenvalue weighted by molar-refractivity contribution is 0.0697. The zero-order valence-electron chi connectivity index (χ0n) is 9.86. The van der Waals surface area contributed by atoms with E-state index in [4.69, 9.17) is 0 Å². The van der Waals surface area contributed by atoms with Gasteiger partial charge in [-0.15, -0.1) is 0 Å². The molecule has 0 bridgehead atoms. The second kappa shape index (κ2) is 6.21. The number of carboxylic acid groups (broad SMARTS) is 1. The summed E-state index contributed by atoms with van der Waals surface area (Å²) in [7, 11) is 0. The number of hydrogen-bond acceptors (Lipinski definition) is 2. The van der Waals surface area contributed by atoms with E-state index in [1.807, 2.05) is 24.3 Å². The highest BCUT2D eigenvalue weighted by molar-refractivity contribution is 9.10. The van der Waals surface area contributed by atoms with Crippen LogP contribution in [-0.4, -0.2) is 11.1 Å². The molecule has 0 amide bonds. The van der Waals surface area contributed by atoms with E-state index in [2.05, 4.69) is 37.2 Å². The van der Waals surface area contributed by atoms with Gasteiger partial charge in [0.2, 0.25) is 0 Å². The first-order valence-corrected chi connectivity index (χ1v) is 7.17. The minimum absolute atomic E-state index is 0.245. The van der Waals surface area contributed by atoms with Crippen molar-refractivity contribution in [2.24, 2.45) is 0 Å². The van der Waals surface area contributed by atoms with Gasteiger partial charge in [-0.25, -0.2) is 4.79 Å². The maximum absolute atomic E-state index is 11.2. The van der Waals surface area contributed by atoms with E-state index in [0.29, 0.717) is 16.7 Å². The molecular formula is C14H11Br2NO2. The molecule has 98 valence electrons. The normalized spacial score (nSPS) is 10.2. The average Bonchev–Trinajstić information content (AvgIpc) is 2.37. The summed E-state index contributed by atoms with van der Waals surface area (Å²) >= 11 is 6.72. The highest BCUT2D eigenvalue weighted by Crippen LogP contribution is 2.26. The molecule has 0 spiro atoms. The van der Waals surface area contributed by atoms with Gasteiger partial charge >= 0.3 is 5.97 Å². The Balaban J connectivity index is 2.23. The standard InChI is InChI=1S/C14H11Br2NO2/c15-10-5-2-1-4-9(10)8-17-12-7-3-6-11(16)13(12)14(18)19/h1-7,17H,8H2,(H,18,19). The molecule has 0 heterocycles. The quantitative estimate of drug-likeness (QED) is 0.814. The Bertz CT molecular complexity index is 614. The first-order valence-electron chi connectivity index (χ1n) is 5.58. The third-order valence-electron chi connectivity index (χ3n) is 2.65. The Kier molecular flexibility index (Phi) is 4.61. The van der Waals surface area contributed by atoms with E-state index in [1.54, 1.807) is 18.2 Å². The maximum atomic E-state index is 11.2. The zero-order valence-corrected chi connectivity index (χ0v) is 13.0. The van der Waals surface area contributed by atoms with Gasteiger partial charge in [-0.05, 0) is 39.7 Å². The molecule has 0 fully saturated rings. The molecule has 2 aromatic rings. The third kappa shape index (κ3) is 3.36. The summed E-state index contributed by atoms with van der Waals surface area (Å²) in [4.78, 5) is 11.2. The van der Waals surface area contributed by atoms with Crippen molar-refractivity contribution in [3.63, 3.8) is 0 Å². The molecule has 2 aromatic carbocycles. The summed E-state index contributed by atoms with van der Waals surface area (Å²) in [6, 6.07) is 13.1. The summed E-state index contributed by atoms with van der Waals surface area (Å²) in [6.07, 6.45) is 0. The zero-order chi connectivity index (χ0) is 13.8. The fourth-order valence-corrected chi connectivity index (χ4v) is 2.68. The van der Waals surface area contributed by atoms with Crippen molar-refractivity contribution in [3.05, 3.63) is 62.5 Å². The molecule has 0 aliphatic rings. The summed E-state index contributed by atoms with van der Waals surface area (Å²) in [5.74, 6) is -0.956. The molecule has 0 unspecified atom stereocenters. The average molecular weight is 385 g/mol. The van der Waals surface area contributed by atoms with Gasteiger partial charge in [-0.2, -0.15) is 0 Å². The lowest BCUT2D eigenvalue weighted by atomic mass is 10.1. The monoisotopic (exact) mass is 383 g/mol. The number of nitrogens with one attached hydrogen (secondary N) is 1. The number of aromatic carboxylic acids is 1. The Morgan fingerprint density at radius 2 is 1.74 bits per heavy atom. The van der Waals surface area contributed by atoms with Gasteiger partial charge in [0.05, 0.1) is 11.3 Å². The van der Waals surface area contributed by atoms with Crippen LogP contribution in [0.1, 0.15) is 15.9 Å². The van der Waals surface area contributed by atoms with Crippen molar-refractivity contribution in [2.75, 3.05) is 5.32 Å². The minimum Gasteiger partial charge on any atom is -0.478 e. The second-order valence-electron chi connectivity index (χ2n) is 3.91. The van der Waals surface area contributed by atoms with Crippen LogP contribution < -0.4 is 5.32 Å². The van der Waals surface area contributed by atoms with E-state index < -0.39 is 5.97 Å². The molecule has 3 nitrogen and oxygen atoms in total. The highest BCUT2D eigenvalue weighted by atomic mass is 79.9. The molecule has 0 atom stereocenters. The Morgan fingerprint density at radius 3 is 2.42 bits per heavy atom. The molecule has 2 rings (SSSR count). The van der Waals surface area contributed by atoms with E-state index in [-0.39, 0.29) is 5.56 Å². The lowest BCUT2D eigenvalue weighted by Crippen LogP contribution is -2.07. The fraction of sp³-hybridized carbons (Fsp3) is 0.0714. The van der Waals surface area contributed by atoms with Crippen LogP contribution in [0.4, 0.5) is 5.69 Å². The number of benzene rings is 2. The van der Waals surface area contributed by atoms with E-state index in [0.717, 1.165) is 10.0 Å². The number of anilines is 1. The van der Waals surface area contributed by atoms with Gasteiger partial charge in [0, 0.05) is 15.5 Å². The number of carboxylic acids is 1. The Labute approximate surface area is 127 Å². The van der Waals surface area contributed by atoms with E-state index in [1.165, 1.54) is 0 Å². The Morgan fingerprint density at radius 1 is 1.05 bits per heavy atom. The van der Waals surface area contributed by atoms with Crippen LogP contribution in [0.15, 0.2) is 51.4 Å². The molecule has 0 aromatic heterocycles. The van der Waals surface area contributed by atoms with Gasteiger partial charge in [-0.3, -0.25) is 0 Å². The summed E-state index contributed by atoms with van der Waals surface area (Å²) in [5.41, 5.74) is 1.91. The van der Waals surface area contributed by atoms with Crippen molar-refractivity contribution in [1.82, 2.24) is 0 Å². The van der Waals surface area contributed by atoms with Crippen LogP contribution in [0.5, 0.6) is 0 Å². The maximum Gasteiger partial charge on any atom is 0.338 e. The molecule has 0 saturated heterocycles. The van der Waals surface area contributed by atoms with Crippen molar-refractivity contribution in [3.8, 4) is 0 Å². The molecule has 0 saturated carbocycles. The predicted octanol–water partition coefficient (Wildman–Crippen LogP) is 4.52. The largest absolute Gasteiger partial charge is 0.478 e. The highest BCUT2D eigenvalue weighted by Gasteiger charge is 2.13. The summed E-state index contributed by atoms with van der Waals surface area (Å²) in [6.45, 7) is 0.554. The molecule has 19 heavy (non-hydrogen) atoms. The first-order chi connectivity index (χ1) is 9.09. The topological polar surface area (TPSA) is 49.3 Å². The van der Waals surface area contributed by atoms with Crippen LogP contribution in [0, 0.1) is 0 Å². The number of halogens is 2. The van der Waals surface area contributed by atoms with Gasteiger partial charge in [-0.1, -0.05) is 40.2 Å². The van der Waals surface area contributed by atoms with Gasteiger partial charge in [0.25, 0.3) is 0 Å². The number of hydrogen-bond donors (Lipinski definition) is 2. The van der Waals surface area contributed by atoms with Crippen LogP contribution >= 0.6 is 31.9 Å². The Hall–Kier alpha value is -1.33. The van der Waals surface area contributed by atoms with Crippen molar-refractivity contribution in [1.29, 1.82) is 0 Å². The molecular weight excluding hydrogens is 374 g/mol. The lowest BCUT2D eigenvalue weighted by Gasteiger charge is -2.11. The van der Waals surface area contributed by atoms with Gasteiger partial charge < -0.3 is 10.4 Å². The van der Waals surface area contributed by atoms with Crippen molar-refractivity contribution < 1.29 is 9.90 Å². The van der Waals surface area contributed by atoms with Crippen LogP contribution in [0.3, 0.4) is 0 Å². The first kappa shape index (κ1) is 14.1. The van der Waals surface area contributed by atoms with Crippen LogP contribution in [0.25, 0.3) is 0 Å². The molecule has 2 N–H and O–H groups in total. The van der Waals surface area contributed by atoms with Crippen molar-refractivity contribution >= 4 is 43.5 Å². The minimum atomic E-state index is -0.956. The molecule has 0 aliphatic carbocycles. The SMILES string of the molecule is O=C(O)c1c(Br)cccc1NCc1ccccc1Br. The van der Waals surface area contributed by atoms with E-state index >= 15 is 0 Å². The molecule has 0 aliphatic heterocycles. The van der Waals surface area contributed by atoms with Gasteiger partial charge in [0.1, 0.15) is 0 Å². The van der Waals surface area contributed by atoms with Crippen molar-refractivity contribution in [2.45, 2.75) is 6.54 Å². The third-order valence-corrected chi connectivity index (χ3v) is 4.09. The second-order valence-corrected chi connectivity index (χ2v) is 5.62. The summed E-state index contributed by atoms with van der Waals surface area (Å²) in [5, 5.41) is 12.4. The molecule has 0 radical (unpaired) electrons. The number of rotatable bonds is 4. The summed E-state index contributed by atoms with van der Waals surface area (Å²) < 4.78 is 1.56.